The Morgan fingerprint density at radius 2 is 1.83 bits per heavy atom. The predicted octanol–water partition coefficient (Wildman–Crippen LogP) is 4.41. The number of rotatable bonds is 8. The second-order valence-corrected chi connectivity index (χ2v) is 11.1. The molecule has 0 saturated carbocycles. The van der Waals surface area contributed by atoms with Crippen molar-refractivity contribution in [3.05, 3.63) is 81.2 Å². The zero-order valence-corrected chi connectivity index (χ0v) is 23.7. The highest BCUT2D eigenvalue weighted by molar-refractivity contribution is 5.98. The number of benzene rings is 2. The standard InChI is InChI=1S/C31H35NO9/c1-16(2)6-7-18-12-19(9-11-23(18)33)24(34)14-21-13-20-8-10-22(15-25(20)39-28(21)36)38-29-26(35)27(40-30(32)37)17(3)31(4,5)41-29/h6,8-13,15,17,26-27,29,33,35H,7,14H2,1-5H3,(H2,32,37)/t17-,26+,27+,29?/m1/s1. The minimum Gasteiger partial charge on any atom is -0.508 e. The van der Waals surface area contributed by atoms with Gasteiger partial charge in [-0.1, -0.05) is 18.6 Å². The lowest BCUT2D eigenvalue weighted by Gasteiger charge is -2.47. The number of hydrogen-bond acceptors (Lipinski definition) is 9. The van der Waals surface area contributed by atoms with Crippen molar-refractivity contribution in [3.63, 3.8) is 0 Å². The van der Waals surface area contributed by atoms with Gasteiger partial charge in [-0.15, -0.1) is 0 Å². The summed E-state index contributed by atoms with van der Waals surface area (Å²) in [4.78, 5) is 37.2. The number of nitrogens with two attached hydrogens (primary N) is 1. The van der Waals surface area contributed by atoms with E-state index in [9.17, 15) is 24.6 Å². The van der Waals surface area contributed by atoms with Crippen molar-refractivity contribution in [2.45, 2.75) is 71.6 Å². The van der Waals surface area contributed by atoms with E-state index < -0.39 is 35.8 Å². The molecule has 0 radical (unpaired) electrons. The van der Waals surface area contributed by atoms with Crippen molar-refractivity contribution in [3.8, 4) is 11.5 Å². The van der Waals surface area contributed by atoms with Crippen LogP contribution in [-0.2, 0) is 22.3 Å². The van der Waals surface area contributed by atoms with E-state index in [2.05, 4.69) is 0 Å². The first-order valence-electron chi connectivity index (χ1n) is 13.3. The summed E-state index contributed by atoms with van der Waals surface area (Å²) in [5.74, 6) is -0.332. The Labute approximate surface area is 237 Å². The van der Waals surface area contributed by atoms with Gasteiger partial charge in [0, 0.05) is 34.9 Å². The fourth-order valence-electron chi connectivity index (χ4n) is 4.70. The highest BCUT2D eigenvalue weighted by Crippen LogP contribution is 2.37. The van der Waals surface area contributed by atoms with Crippen LogP contribution in [0.1, 0.15) is 56.1 Å². The second-order valence-electron chi connectivity index (χ2n) is 11.1. The zero-order chi connectivity index (χ0) is 30.1. The number of aromatic hydroxyl groups is 1. The molecule has 1 amide bonds. The number of aliphatic hydroxyl groups is 1. The summed E-state index contributed by atoms with van der Waals surface area (Å²) in [6.45, 7) is 9.23. The molecule has 1 saturated heterocycles. The van der Waals surface area contributed by atoms with Crippen molar-refractivity contribution < 1.29 is 38.4 Å². The molecule has 2 aromatic carbocycles. The molecule has 10 nitrogen and oxygen atoms in total. The molecule has 0 spiro atoms. The van der Waals surface area contributed by atoms with Crippen molar-refractivity contribution in [1.29, 1.82) is 0 Å². The minimum atomic E-state index is -1.33. The maximum absolute atomic E-state index is 13.0. The molecule has 0 bridgehead atoms. The number of Topliss-reactive ketones (excluding diaryl/α,β-unsaturated/α-hetero) is 1. The Kier molecular flexibility index (Phi) is 8.55. The molecule has 4 N–H and O–H groups in total. The Bertz CT molecular complexity index is 1550. The number of ketones is 1. The quantitative estimate of drug-likeness (QED) is 0.204. The molecule has 3 aromatic rings. The smallest absolute Gasteiger partial charge is 0.404 e. The van der Waals surface area contributed by atoms with Gasteiger partial charge in [-0.25, -0.2) is 9.59 Å². The number of carbonyl (C=O) groups is 2. The van der Waals surface area contributed by atoms with E-state index in [4.69, 9.17) is 24.4 Å². The van der Waals surface area contributed by atoms with Gasteiger partial charge < -0.3 is 34.6 Å². The fourth-order valence-corrected chi connectivity index (χ4v) is 4.70. The average molecular weight is 566 g/mol. The van der Waals surface area contributed by atoms with Gasteiger partial charge in [0.1, 0.15) is 23.2 Å². The number of fused-ring (bicyclic) bond motifs is 1. The van der Waals surface area contributed by atoms with Crippen molar-refractivity contribution in [1.82, 2.24) is 0 Å². The normalized spacial score (nSPS) is 21.7. The van der Waals surface area contributed by atoms with Crippen LogP contribution in [-0.4, -0.2) is 46.2 Å². The van der Waals surface area contributed by atoms with E-state index in [0.717, 1.165) is 5.57 Å². The summed E-state index contributed by atoms with van der Waals surface area (Å²) in [5, 5.41) is 21.5. The highest BCUT2D eigenvalue weighted by Gasteiger charge is 2.50. The molecule has 4 rings (SSSR count). The van der Waals surface area contributed by atoms with Gasteiger partial charge in [0.05, 0.1) is 5.60 Å². The number of allylic oxidation sites excluding steroid dienone is 2. The first-order chi connectivity index (χ1) is 19.2. The molecular formula is C31H35NO9. The Morgan fingerprint density at radius 3 is 2.51 bits per heavy atom. The van der Waals surface area contributed by atoms with Crippen LogP contribution in [0.5, 0.6) is 11.5 Å². The maximum atomic E-state index is 13.0. The molecule has 1 aliphatic heterocycles. The van der Waals surface area contributed by atoms with Crippen molar-refractivity contribution >= 4 is 22.8 Å². The highest BCUT2D eigenvalue weighted by atomic mass is 16.7. The van der Waals surface area contributed by atoms with Gasteiger partial charge in [0.2, 0.25) is 6.29 Å². The lowest BCUT2D eigenvalue weighted by molar-refractivity contribution is -0.283. The lowest BCUT2D eigenvalue weighted by Crippen LogP contribution is -2.60. The number of phenols is 1. The largest absolute Gasteiger partial charge is 0.508 e. The van der Waals surface area contributed by atoms with E-state index >= 15 is 0 Å². The summed E-state index contributed by atoms with van der Waals surface area (Å²) in [6, 6.07) is 11.0. The number of amides is 1. The summed E-state index contributed by atoms with van der Waals surface area (Å²) in [6.07, 6.45) is -2.25. The SMILES string of the molecule is CC(C)=CCc1cc(C(=O)Cc2cc3ccc(OC4OC(C)(C)[C@H](C)[C@H](OC(N)=O)[C@@H]4O)cc3oc2=O)ccc1O. The average Bonchev–Trinajstić information content (AvgIpc) is 2.89. The minimum absolute atomic E-state index is 0.0995. The molecular weight excluding hydrogens is 530 g/mol. The molecule has 1 unspecified atom stereocenters. The van der Waals surface area contributed by atoms with E-state index in [0.29, 0.717) is 22.9 Å². The van der Waals surface area contributed by atoms with Gasteiger partial charge in [0.15, 0.2) is 11.9 Å². The van der Waals surface area contributed by atoms with E-state index in [1.807, 2.05) is 19.9 Å². The maximum Gasteiger partial charge on any atom is 0.404 e. The summed E-state index contributed by atoms with van der Waals surface area (Å²) in [7, 11) is 0. The van der Waals surface area contributed by atoms with E-state index in [1.54, 1.807) is 45.0 Å². The van der Waals surface area contributed by atoms with Gasteiger partial charge in [-0.2, -0.15) is 0 Å². The fraction of sp³-hybridized carbons (Fsp3) is 0.387. The van der Waals surface area contributed by atoms with Gasteiger partial charge in [0.25, 0.3) is 0 Å². The van der Waals surface area contributed by atoms with Crippen LogP contribution in [0, 0.1) is 5.92 Å². The number of hydrogen-bond donors (Lipinski definition) is 3. The molecule has 41 heavy (non-hydrogen) atoms. The van der Waals surface area contributed by atoms with Crippen LogP contribution < -0.4 is 16.1 Å². The zero-order valence-electron chi connectivity index (χ0n) is 23.7. The summed E-state index contributed by atoms with van der Waals surface area (Å²) >= 11 is 0. The number of carbonyl (C=O) groups excluding carboxylic acids is 2. The van der Waals surface area contributed by atoms with E-state index in [1.165, 1.54) is 18.2 Å². The van der Waals surface area contributed by atoms with Crippen LogP contribution in [0.2, 0.25) is 0 Å². The Hall–Kier alpha value is -4.15. The van der Waals surface area contributed by atoms with E-state index in [-0.39, 0.29) is 40.8 Å². The third kappa shape index (κ3) is 6.78. The molecule has 1 fully saturated rings. The molecule has 1 aliphatic rings. The van der Waals surface area contributed by atoms with Crippen LogP contribution in [0.15, 0.2) is 63.3 Å². The van der Waals surface area contributed by atoms with Crippen molar-refractivity contribution in [2.75, 3.05) is 0 Å². The molecule has 1 aromatic heterocycles. The first kappa shape index (κ1) is 29.8. The van der Waals surface area contributed by atoms with Gasteiger partial charge in [-0.05, 0) is 76.1 Å². The number of phenolic OH excluding ortho intramolecular Hbond substituents is 1. The van der Waals surface area contributed by atoms with Crippen molar-refractivity contribution in [2.24, 2.45) is 11.7 Å². The topological polar surface area (TPSA) is 159 Å². The summed E-state index contributed by atoms with van der Waals surface area (Å²) < 4.78 is 22.5. The number of ether oxygens (including phenoxy) is 3. The second kappa shape index (κ2) is 11.8. The van der Waals surface area contributed by atoms with Crippen LogP contribution in [0.4, 0.5) is 4.79 Å². The Morgan fingerprint density at radius 1 is 1.10 bits per heavy atom. The summed E-state index contributed by atoms with van der Waals surface area (Å²) in [5.41, 5.74) is 6.17. The van der Waals surface area contributed by atoms with Gasteiger partial charge >= 0.3 is 11.7 Å². The van der Waals surface area contributed by atoms with Crippen LogP contribution in [0.3, 0.4) is 0 Å². The Balaban J connectivity index is 1.53. The van der Waals surface area contributed by atoms with Gasteiger partial charge in [-0.3, -0.25) is 4.79 Å². The molecule has 0 aliphatic carbocycles. The van der Waals surface area contributed by atoms with Crippen LogP contribution in [0.25, 0.3) is 11.0 Å². The monoisotopic (exact) mass is 565 g/mol. The third-order valence-electron chi connectivity index (χ3n) is 7.39. The molecule has 2 heterocycles. The number of primary amides is 1. The first-order valence-corrected chi connectivity index (χ1v) is 13.3. The molecule has 218 valence electrons. The number of aliphatic hydroxyl groups excluding tert-OH is 1. The predicted molar refractivity (Wildman–Crippen MR) is 151 cm³/mol. The lowest BCUT2D eigenvalue weighted by atomic mass is 9.82. The molecule has 4 atom stereocenters. The third-order valence-corrected chi connectivity index (χ3v) is 7.39. The molecule has 10 heteroatoms. The van der Waals surface area contributed by atoms with Crippen LogP contribution >= 0.6 is 0 Å².